The molecule has 0 unspecified atom stereocenters. The second-order valence-electron chi connectivity index (χ2n) is 2.25. The van der Waals surface area contributed by atoms with E-state index in [-0.39, 0.29) is 0 Å². The number of allylic oxidation sites excluding steroid dienone is 1. The van der Waals surface area contributed by atoms with E-state index in [9.17, 15) is 0 Å². The van der Waals surface area contributed by atoms with Crippen molar-refractivity contribution in [3.8, 4) is 6.07 Å². The summed E-state index contributed by atoms with van der Waals surface area (Å²) in [6.45, 7) is 0. The van der Waals surface area contributed by atoms with Crippen LogP contribution >= 0.6 is 50.1 Å². The van der Waals surface area contributed by atoms with Gasteiger partial charge in [-0.05, 0) is 40.8 Å². The number of rotatable bonds is 1. The summed E-state index contributed by atoms with van der Waals surface area (Å²) in [5, 5.41) is 8.88. The predicted octanol–water partition coefficient (Wildman–Crippen LogP) is 4.16. The monoisotopic (exact) mass is 367 g/mol. The maximum Gasteiger partial charge on any atom is 0.0927 e. The molecule has 1 aromatic carbocycles. The van der Waals surface area contributed by atoms with Crippen LogP contribution in [0.3, 0.4) is 0 Å². The van der Waals surface area contributed by atoms with Crippen LogP contribution in [0.25, 0.3) is 5.03 Å². The number of benzene rings is 1. The normalized spacial score (nSPS) is 11.1. The van der Waals surface area contributed by atoms with Crippen molar-refractivity contribution in [1.82, 2.24) is 0 Å². The van der Waals surface area contributed by atoms with Crippen molar-refractivity contribution in [2.24, 2.45) is 0 Å². The van der Waals surface area contributed by atoms with Crippen LogP contribution in [0.5, 0.6) is 0 Å². The van der Waals surface area contributed by atoms with Gasteiger partial charge in [0.15, 0.2) is 0 Å². The molecule has 0 atom stereocenters. The maximum absolute atomic E-state index is 8.43. The number of hydrogen-bond donors (Lipinski definition) is 0. The van der Waals surface area contributed by atoms with Gasteiger partial charge in [0, 0.05) is 19.7 Å². The molecule has 0 saturated carbocycles. The number of nitrogens with zero attached hydrogens (tertiary/aromatic N) is 1. The SMILES string of the molecule is N#C/C=C(/Cl)c1cc(I)ccc1Br. The van der Waals surface area contributed by atoms with E-state index < -0.39 is 0 Å². The van der Waals surface area contributed by atoms with Crippen molar-refractivity contribution in [3.05, 3.63) is 37.9 Å². The minimum Gasteiger partial charge on any atom is -0.193 e. The van der Waals surface area contributed by atoms with Gasteiger partial charge < -0.3 is 0 Å². The van der Waals surface area contributed by atoms with Crippen molar-refractivity contribution in [2.75, 3.05) is 0 Å². The first kappa shape index (κ1) is 11.0. The van der Waals surface area contributed by atoms with Crippen molar-refractivity contribution >= 4 is 55.2 Å². The van der Waals surface area contributed by atoms with E-state index in [0.29, 0.717) is 5.03 Å². The molecule has 0 spiro atoms. The van der Waals surface area contributed by atoms with Crippen molar-refractivity contribution in [2.45, 2.75) is 0 Å². The Balaban J connectivity index is 3.22. The number of halogens is 3. The fourth-order valence-electron chi connectivity index (χ4n) is 0.815. The highest BCUT2D eigenvalue weighted by Crippen LogP contribution is 2.28. The van der Waals surface area contributed by atoms with E-state index in [2.05, 4.69) is 38.5 Å². The summed E-state index contributed by atoms with van der Waals surface area (Å²) >= 11 is 11.4. The van der Waals surface area contributed by atoms with Crippen LogP contribution in [0.15, 0.2) is 28.7 Å². The van der Waals surface area contributed by atoms with Crippen LogP contribution in [0.1, 0.15) is 5.56 Å². The largest absolute Gasteiger partial charge is 0.193 e. The molecule has 0 amide bonds. The van der Waals surface area contributed by atoms with Gasteiger partial charge in [-0.1, -0.05) is 27.5 Å². The first-order valence-electron chi connectivity index (χ1n) is 3.36. The Bertz CT molecular complexity index is 395. The lowest BCUT2D eigenvalue weighted by atomic mass is 10.2. The molecular weight excluding hydrogens is 364 g/mol. The van der Waals surface area contributed by atoms with Crippen LogP contribution in [-0.4, -0.2) is 0 Å². The van der Waals surface area contributed by atoms with Crippen molar-refractivity contribution in [3.63, 3.8) is 0 Å². The standard InChI is InChI=1S/C9H4BrClIN/c10-8-2-1-6(12)5-7(8)9(11)3-4-13/h1-3,5H/b9-3+. The summed E-state index contributed by atoms with van der Waals surface area (Å²) in [5.41, 5.74) is 0.843. The minimum atomic E-state index is 0.452. The van der Waals surface area contributed by atoms with E-state index in [1.165, 1.54) is 6.08 Å². The molecule has 0 bridgehead atoms. The Labute approximate surface area is 104 Å². The molecule has 0 heterocycles. The lowest BCUT2D eigenvalue weighted by Gasteiger charge is -2.01. The van der Waals surface area contributed by atoms with Gasteiger partial charge in [0.2, 0.25) is 0 Å². The Morgan fingerprint density at radius 2 is 2.31 bits per heavy atom. The topological polar surface area (TPSA) is 23.8 Å². The molecule has 0 aromatic heterocycles. The van der Waals surface area contributed by atoms with Gasteiger partial charge in [-0.25, -0.2) is 0 Å². The zero-order valence-electron chi connectivity index (χ0n) is 6.39. The first-order chi connectivity index (χ1) is 6.15. The van der Waals surface area contributed by atoms with Gasteiger partial charge in [-0.3, -0.25) is 0 Å². The zero-order valence-corrected chi connectivity index (χ0v) is 10.9. The fourth-order valence-corrected chi connectivity index (χ4v) is 2.09. The number of nitriles is 1. The van der Waals surface area contributed by atoms with Gasteiger partial charge in [0.1, 0.15) is 0 Å². The summed E-state index contributed by atoms with van der Waals surface area (Å²) in [7, 11) is 0. The quantitative estimate of drug-likeness (QED) is 0.539. The lowest BCUT2D eigenvalue weighted by molar-refractivity contribution is 1.52. The minimum absolute atomic E-state index is 0.452. The van der Waals surface area contributed by atoms with Crippen LogP contribution in [0.2, 0.25) is 0 Å². The third-order valence-corrected chi connectivity index (χ3v) is 3.05. The molecule has 1 nitrogen and oxygen atoms in total. The number of hydrogen-bond acceptors (Lipinski definition) is 1. The third-order valence-electron chi connectivity index (χ3n) is 1.38. The van der Waals surface area contributed by atoms with Crippen LogP contribution in [-0.2, 0) is 0 Å². The van der Waals surface area contributed by atoms with Crippen molar-refractivity contribution in [1.29, 1.82) is 5.26 Å². The highest BCUT2D eigenvalue weighted by Gasteiger charge is 2.03. The Morgan fingerprint density at radius 1 is 1.62 bits per heavy atom. The van der Waals surface area contributed by atoms with E-state index >= 15 is 0 Å². The van der Waals surface area contributed by atoms with Gasteiger partial charge in [-0.2, -0.15) is 5.26 Å². The molecular formula is C9H4BrClIN. The maximum atomic E-state index is 8.43. The highest BCUT2D eigenvalue weighted by molar-refractivity contribution is 14.1. The summed E-state index contributed by atoms with van der Waals surface area (Å²) in [5.74, 6) is 0. The van der Waals surface area contributed by atoms with E-state index in [1.54, 1.807) is 0 Å². The van der Waals surface area contributed by atoms with Gasteiger partial charge in [0.05, 0.1) is 11.1 Å². The van der Waals surface area contributed by atoms with Gasteiger partial charge in [0.25, 0.3) is 0 Å². The first-order valence-corrected chi connectivity index (χ1v) is 5.61. The average molecular weight is 368 g/mol. The molecule has 0 radical (unpaired) electrons. The lowest BCUT2D eigenvalue weighted by Crippen LogP contribution is -1.81. The second kappa shape index (κ2) is 4.99. The molecule has 0 N–H and O–H groups in total. The molecule has 13 heavy (non-hydrogen) atoms. The molecule has 0 saturated heterocycles. The summed E-state index contributed by atoms with van der Waals surface area (Å²) in [6.07, 6.45) is 1.32. The van der Waals surface area contributed by atoms with Crippen LogP contribution in [0, 0.1) is 14.9 Å². The molecule has 4 heteroatoms. The van der Waals surface area contributed by atoms with Gasteiger partial charge in [-0.15, -0.1) is 0 Å². The van der Waals surface area contributed by atoms with E-state index in [4.69, 9.17) is 16.9 Å². The van der Waals surface area contributed by atoms with Crippen LogP contribution in [0.4, 0.5) is 0 Å². The van der Waals surface area contributed by atoms with Gasteiger partial charge >= 0.3 is 0 Å². The third kappa shape index (κ3) is 2.97. The average Bonchev–Trinajstić information content (AvgIpc) is 2.09. The molecule has 0 fully saturated rings. The predicted molar refractivity (Wildman–Crippen MR) is 66.3 cm³/mol. The smallest absolute Gasteiger partial charge is 0.0927 e. The summed E-state index contributed by atoms with van der Waals surface area (Å²) in [6, 6.07) is 7.68. The molecule has 1 rings (SSSR count). The zero-order chi connectivity index (χ0) is 9.84. The molecule has 0 aliphatic rings. The summed E-state index contributed by atoms with van der Waals surface area (Å²) in [4.78, 5) is 0. The molecule has 66 valence electrons. The molecule has 1 aromatic rings. The summed E-state index contributed by atoms with van der Waals surface area (Å²) < 4.78 is 1.98. The molecule has 0 aliphatic carbocycles. The van der Waals surface area contributed by atoms with Crippen LogP contribution < -0.4 is 0 Å². The van der Waals surface area contributed by atoms with E-state index in [0.717, 1.165) is 13.6 Å². The molecule has 0 aliphatic heterocycles. The van der Waals surface area contributed by atoms with Crippen molar-refractivity contribution < 1.29 is 0 Å². The Hall–Kier alpha value is -0.0500. The fraction of sp³-hybridized carbons (Fsp3) is 0. The Kier molecular flexibility index (Phi) is 4.23. The van der Waals surface area contributed by atoms with E-state index in [1.807, 2.05) is 24.3 Å². The Morgan fingerprint density at radius 3 is 2.92 bits per heavy atom. The second-order valence-corrected chi connectivity index (χ2v) is 4.75. The highest BCUT2D eigenvalue weighted by atomic mass is 127.